The molecule has 0 unspecified atom stereocenters. The molecule has 106 valence electrons. The van der Waals surface area contributed by atoms with Crippen molar-refractivity contribution in [3.05, 3.63) is 29.3 Å². The zero-order chi connectivity index (χ0) is 14.3. The van der Waals surface area contributed by atoms with Crippen molar-refractivity contribution >= 4 is 5.91 Å². The van der Waals surface area contributed by atoms with Crippen LogP contribution in [-0.2, 0) is 17.6 Å². The number of rotatable bonds is 7. The number of benzene rings is 1. The summed E-state index contributed by atoms with van der Waals surface area (Å²) in [5.74, 6) is 1.42. The maximum absolute atomic E-state index is 11.6. The quantitative estimate of drug-likeness (QED) is 0.821. The van der Waals surface area contributed by atoms with Crippen molar-refractivity contribution in [3.8, 4) is 5.75 Å². The van der Waals surface area contributed by atoms with E-state index in [1.165, 1.54) is 5.56 Å². The van der Waals surface area contributed by atoms with Gasteiger partial charge < -0.3 is 10.1 Å². The lowest BCUT2D eigenvalue weighted by atomic mass is 10.0. The molecule has 19 heavy (non-hydrogen) atoms. The molecule has 0 aliphatic rings. The summed E-state index contributed by atoms with van der Waals surface area (Å²) < 4.78 is 5.35. The van der Waals surface area contributed by atoms with Crippen LogP contribution in [-0.4, -0.2) is 19.6 Å². The molecule has 0 aromatic heterocycles. The van der Waals surface area contributed by atoms with E-state index in [0.29, 0.717) is 18.9 Å². The molecule has 1 amide bonds. The van der Waals surface area contributed by atoms with Gasteiger partial charge in [0, 0.05) is 13.0 Å². The topological polar surface area (TPSA) is 38.3 Å². The minimum Gasteiger partial charge on any atom is -0.496 e. The van der Waals surface area contributed by atoms with E-state index < -0.39 is 0 Å². The van der Waals surface area contributed by atoms with Crippen molar-refractivity contribution in [1.29, 1.82) is 0 Å². The van der Waals surface area contributed by atoms with Crippen LogP contribution in [0.15, 0.2) is 18.2 Å². The Morgan fingerprint density at radius 2 is 2.11 bits per heavy atom. The highest BCUT2D eigenvalue weighted by molar-refractivity contribution is 5.76. The molecular formula is C16H25NO2. The second-order valence-corrected chi connectivity index (χ2v) is 5.20. The molecule has 0 aliphatic heterocycles. The van der Waals surface area contributed by atoms with Gasteiger partial charge in [0.2, 0.25) is 5.91 Å². The first-order valence-corrected chi connectivity index (χ1v) is 6.99. The van der Waals surface area contributed by atoms with Crippen LogP contribution in [0.5, 0.6) is 5.75 Å². The number of ether oxygens (including phenoxy) is 1. The number of hydrogen-bond donors (Lipinski definition) is 1. The summed E-state index contributed by atoms with van der Waals surface area (Å²) in [5.41, 5.74) is 2.45. The molecule has 0 radical (unpaired) electrons. The fourth-order valence-electron chi connectivity index (χ4n) is 2.03. The van der Waals surface area contributed by atoms with E-state index in [4.69, 9.17) is 4.74 Å². The number of carbonyl (C=O) groups excluding carboxylic acids is 1. The molecule has 0 spiro atoms. The van der Waals surface area contributed by atoms with Gasteiger partial charge in [-0.15, -0.1) is 0 Å². The van der Waals surface area contributed by atoms with Crippen molar-refractivity contribution in [1.82, 2.24) is 5.32 Å². The van der Waals surface area contributed by atoms with Crippen LogP contribution in [0, 0.1) is 5.92 Å². The van der Waals surface area contributed by atoms with Crippen molar-refractivity contribution in [2.75, 3.05) is 13.7 Å². The van der Waals surface area contributed by atoms with Gasteiger partial charge in [0.05, 0.1) is 7.11 Å². The SMILES string of the molecule is CCc1ccc(OC)c(CCNC(=O)CC(C)C)c1. The fraction of sp³-hybridized carbons (Fsp3) is 0.562. The molecule has 0 heterocycles. The van der Waals surface area contributed by atoms with Crippen molar-refractivity contribution in [2.24, 2.45) is 5.92 Å². The largest absolute Gasteiger partial charge is 0.496 e. The lowest BCUT2D eigenvalue weighted by Gasteiger charge is -2.11. The smallest absolute Gasteiger partial charge is 0.220 e. The molecule has 0 atom stereocenters. The molecule has 0 saturated carbocycles. The van der Waals surface area contributed by atoms with E-state index in [1.54, 1.807) is 7.11 Å². The van der Waals surface area contributed by atoms with Gasteiger partial charge in [0.25, 0.3) is 0 Å². The molecule has 1 aromatic carbocycles. The van der Waals surface area contributed by atoms with Crippen LogP contribution >= 0.6 is 0 Å². The molecule has 3 heteroatoms. The van der Waals surface area contributed by atoms with Gasteiger partial charge >= 0.3 is 0 Å². The summed E-state index contributed by atoms with van der Waals surface area (Å²) in [4.78, 5) is 11.6. The summed E-state index contributed by atoms with van der Waals surface area (Å²) in [6.07, 6.45) is 2.41. The average Bonchev–Trinajstić information content (AvgIpc) is 2.37. The Hall–Kier alpha value is -1.51. The van der Waals surface area contributed by atoms with Crippen LogP contribution in [0.2, 0.25) is 0 Å². The van der Waals surface area contributed by atoms with Gasteiger partial charge in [-0.2, -0.15) is 0 Å². The van der Waals surface area contributed by atoms with Gasteiger partial charge in [0.15, 0.2) is 0 Å². The van der Waals surface area contributed by atoms with Gasteiger partial charge in [-0.1, -0.05) is 32.9 Å². The summed E-state index contributed by atoms with van der Waals surface area (Å²) in [7, 11) is 1.68. The Morgan fingerprint density at radius 3 is 2.68 bits per heavy atom. The molecule has 0 saturated heterocycles. The zero-order valence-corrected chi connectivity index (χ0v) is 12.5. The van der Waals surface area contributed by atoms with Crippen LogP contribution in [0.25, 0.3) is 0 Å². The monoisotopic (exact) mass is 263 g/mol. The van der Waals surface area contributed by atoms with Crippen molar-refractivity contribution < 1.29 is 9.53 Å². The van der Waals surface area contributed by atoms with Crippen LogP contribution in [0.1, 0.15) is 38.3 Å². The molecular weight excluding hydrogens is 238 g/mol. The predicted molar refractivity (Wildman–Crippen MR) is 78.5 cm³/mol. The Bertz CT molecular complexity index is 413. The molecule has 1 aromatic rings. The minimum atomic E-state index is 0.126. The van der Waals surface area contributed by atoms with Gasteiger partial charge in [-0.05, 0) is 36.0 Å². The number of carbonyl (C=O) groups is 1. The lowest BCUT2D eigenvalue weighted by Crippen LogP contribution is -2.26. The van der Waals surface area contributed by atoms with Crippen LogP contribution in [0.4, 0.5) is 0 Å². The standard InChI is InChI=1S/C16H25NO2/c1-5-13-6-7-15(19-4)14(11-13)8-9-17-16(18)10-12(2)3/h6-7,11-12H,5,8-10H2,1-4H3,(H,17,18). The molecule has 0 aliphatic carbocycles. The van der Waals surface area contributed by atoms with E-state index >= 15 is 0 Å². The average molecular weight is 263 g/mol. The highest BCUT2D eigenvalue weighted by Gasteiger charge is 2.07. The van der Waals surface area contributed by atoms with Crippen LogP contribution in [0.3, 0.4) is 0 Å². The highest BCUT2D eigenvalue weighted by atomic mass is 16.5. The molecule has 0 bridgehead atoms. The first kappa shape index (κ1) is 15.5. The normalized spacial score (nSPS) is 10.6. The Balaban J connectivity index is 2.54. The van der Waals surface area contributed by atoms with Gasteiger partial charge in [-0.3, -0.25) is 4.79 Å². The predicted octanol–water partition coefficient (Wildman–Crippen LogP) is 2.96. The van der Waals surface area contributed by atoms with Crippen molar-refractivity contribution in [3.63, 3.8) is 0 Å². The van der Waals surface area contributed by atoms with E-state index in [9.17, 15) is 4.79 Å². The van der Waals surface area contributed by atoms with Crippen LogP contribution < -0.4 is 10.1 Å². The molecule has 1 rings (SSSR count). The summed E-state index contributed by atoms with van der Waals surface area (Å²) >= 11 is 0. The van der Waals surface area contributed by atoms with E-state index in [2.05, 4.69) is 24.4 Å². The summed E-state index contributed by atoms with van der Waals surface area (Å²) in [6.45, 7) is 6.89. The Labute approximate surface area is 116 Å². The van der Waals surface area contributed by atoms with Crippen molar-refractivity contribution in [2.45, 2.75) is 40.0 Å². The maximum Gasteiger partial charge on any atom is 0.220 e. The first-order chi connectivity index (χ1) is 9.06. The number of methoxy groups -OCH3 is 1. The zero-order valence-electron chi connectivity index (χ0n) is 12.5. The number of amides is 1. The second-order valence-electron chi connectivity index (χ2n) is 5.20. The lowest BCUT2D eigenvalue weighted by molar-refractivity contribution is -0.121. The molecule has 0 fully saturated rings. The Morgan fingerprint density at radius 1 is 1.37 bits per heavy atom. The fourth-order valence-corrected chi connectivity index (χ4v) is 2.03. The Kier molecular flexibility index (Phi) is 6.40. The molecule has 3 nitrogen and oxygen atoms in total. The number of hydrogen-bond acceptors (Lipinski definition) is 2. The first-order valence-electron chi connectivity index (χ1n) is 6.99. The molecule has 1 N–H and O–H groups in total. The maximum atomic E-state index is 11.6. The summed E-state index contributed by atoms with van der Waals surface area (Å²) in [6, 6.07) is 6.25. The third kappa shape index (κ3) is 5.33. The highest BCUT2D eigenvalue weighted by Crippen LogP contribution is 2.20. The van der Waals surface area contributed by atoms with E-state index in [0.717, 1.165) is 24.2 Å². The number of nitrogens with one attached hydrogen (secondary N) is 1. The third-order valence-corrected chi connectivity index (χ3v) is 3.06. The number of aryl methyl sites for hydroxylation is 1. The van der Waals surface area contributed by atoms with E-state index in [-0.39, 0.29) is 5.91 Å². The minimum absolute atomic E-state index is 0.126. The summed E-state index contributed by atoms with van der Waals surface area (Å²) in [5, 5.41) is 2.96. The van der Waals surface area contributed by atoms with Gasteiger partial charge in [0.1, 0.15) is 5.75 Å². The van der Waals surface area contributed by atoms with Gasteiger partial charge in [-0.25, -0.2) is 0 Å². The van der Waals surface area contributed by atoms with E-state index in [1.807, 2.05) is 19.9 Å². The third-order valence-electron chi connectivity index (χ3n) is 3.06. The second kappa shape index (κ2) is 7.82.